The third-order valence-corrected chi connectivity index (χ3v) is 6.89. The second-order valence-electron chi connectivity index (χ2n) is 9.26. The quantitative estimate of drug-likeness (QED) is 0.271. The maximum absolute atomic E-state index is 13.8. The van der Waals surface area contributed by atoms with Crippen molar-refractivity contribution < 1.29 is 4.74 Å². The van der Waals surface area contributed by atoms with Gasteiger partial charge in [-0.15, -0.1) is 10.2 Å². The van der Waals surface area contributed by atoms with Gasteiger partial charge >= 0.3 is 5.69 Å². The summed E-state index contributed by atoms with van der Waals surface area (Å²) in [7, 11) is 1.65. The van der Waals surface area contributed by atoms with Crippen LogP contribution in [0.1, 0.15) is 43.5 Å². The topological polar surface area (TPSA) is 90.6 Å². The molecular formula is C30H32N6O2. The summed E-state index contributed by atoms with van der Waals surface area (Å²) in [4.78, 5) is 13.8. The van der Waals surface area contributed by atoms with Crippen molar-refractivity contribution in [1.82, 2.24) is 29.8 Å². The Morgan fingerprint density at radius 3 is 2.42 bits per heavy atom. The summed E-state index contributed by atoms with van der Waals surface area (Å²) in [6, 6.07) is 22.3. The van der Waals surface area contributed by atoms with Crippen molar-refractivity contribution in [2.75, 3.05) is 7.11 Å². The summed E-state index contributed by atoms with van der Waals surface area (Å²) < 4.78 is 9.31. The third kappa shape index (κ3) is 4.89. The lowest BCUT2D eigenvalue weighted by Crippen LogP contribution is -2.25. The number of imidazole rings is 1. The normalized spacial score (nSPS) is 11.1. The summed E-state index contributed by atoms with van der Waals surface area (Å²) in [5.41, 5.74) is 6.91. The van der Waals surface area contributed by atoms with Crippen LogP contribution < -0.4 is 10.4 Å². The lowest BCUT2D eigenvalue weighted by molar-refractivity contribution is 0.412. The maximum atomic E-state index is 13.8. The molecule has 5 rings (SSSR count). The minimum atomic E-state index is -0.0539. The molecule has 0 aliphatic heterocycles. The SMILES string of the molecule is CCCCc1cn(-c2c(CC)cccc2OC)c(=O)n1Cc1ccc(-c2ccccc2-c2nn[nH]n2)cc1. The lowest BCUT2D eigenvalue weighted by Gasteiger charge is -2.13. The number of unbranched alkanes of at least 4 members (excludes halogenated alkanes) is 1. The number of hydrogen-bond donors (Lipinski definition) is 1. The number of methoxy groups -OCH3 is 1. The molecule has 0 spiro atoms. The minimum Gasteiger partial charge on any atom is -0.495 e. The van der Waals surface area contributed by atoms with Gasteiger partial charge in [-0.3, -0.25) is 9.13 Å². The molecule has 8 heteroatoms. The molecule has 2 aromatic heterocycles. The molecule has 0 saturated heterocycles. The summed E-state index contributed by atoms with van der Waals surface area (Å²) >= 11 is 0. The Balaban J connectivity index is 1.51. The number of para-hydroxylation sites is 1. The molecule has 194 valence electrons. The van der Waals surface area contributed by atoms with Gasteiger partial charge in [0.2, 0.25) is 5.82 Å². The highest BCUT2D eigenvalue weighted by Gasteiger charge is 2.18. The van der Waals surface area contributed by atoms with Crippen molar-refractivity contribution in [2.45, 2.75) is 46.1 Å². The van der Waals surface area contributed by atoms with Gasteiger partial charge < -0.3 is 4.74 Å². The summed E-state index contributed by atoms with van der Waals surface area (Å²) in [5, 5.41) is 14.5. The third-order valence-electron chi connectivity index (χ3n) is 6.89. The molecule has 0 saturated carbocycles. The van der Waals surface area contributed by atoms with E-state index in [0.717, 1.165) is 64.9 Å². The Kier molecular flexibility index (Phi) is 7.49. The predicted octanol–water partition coefficient (Wildman–Crippen LogP) is 5.45. The number of aromatic nitrogens is 6. The fourth-order valence-corrected chi connectivity index (χ4v) is 4.88. The molecular weight excluding hydrogens is 476 g/mol. The fourth-order valence-electron chi connectivity index (χ4n) is 4.88. The number of benzene rings is 3. The van der Waals surface area contributed by atoms with Crippen LogP contribution in [0.25, 0.3) is 28.2 Å². The second-order valence-corrected chi connectivity index (χ2v) is 9.26. The number of nitrogens with zero attached hydrogens (tertiary/aromatic N) is 5. The van der Waals surface area contributed by atoms with Crippen molar-refractivity contribution in [3.63, 3.8) is 0 Å². The zero-order valence-corrected chi connectivity index (χ0v) is 22.0. The Bertz CT molecular complexity index is 1540. The Labute approximate surface area is 221 Å². The molecule has 38 heavy (non-hydrogen) atoms. The van der Waals surface area contributed by atoms with Gasteiger partial charge in [-0.05, 0) is 52.8 Å². The van der Waals surface area contributed by atoms with Gasteiger partial charge in [0.05, 0.1) is 19.3 Å². The van der Waals surface area contributed by atoms with Crippen LogP contribution >= 0.6 is 0 Å². The van der Waals surface area contributed by atoms with Crippen LogP contribution in [0.5, 0.6) is 5.75 Å². The highest BCUT2D eigenvalue weighted by atomic mass is 16.5. The van der Waals surface area contributed by atoms with Gasteiger partial charge in [0, 0.05) is 17.5 Å². The standard InChI is InChI=1S/C30H32N6O2/c1-4-6-11-24-20-36(28-22(5-2)10-9-14-27(28)38-3)30(37)35(24)19-21-15-17-23(18-16-21)25-12-7-8-13-26(25)29-31-33-34-32-29/h7-10,12-18,20H,4-6,11,19H2,1-3H3,(H,31,32,33,34). The van der Waals surface area contributed by atoms with Crippen molar-refractivity contribution in [3.05, 3.63) is 100 Å². The van der Waals surface area contributed by atoms with E-state index in [1.807, 2.05) is 47.2 Å². The monoisotopic (exact) mass is 508 g/mol. The number of aryl methyl sites for hydroxylation is 2. The molecule has 0 amide bonds. The van der Waals surface area contributed by atoms with Crippen molar-refractivity contribution in [2.24, 2.45) is 0 Å². The predicted molar refractivity (Wildman–Crippen MR) is 149 cm³/mol. The summed E-state index contributed by atoms with van der Waals surface area (Å²) in [6.45, 7) is 4.75. The molecule has 0 bridgehead atoms. The first-order chi connectivity index (χ1) is 18.6. The van der Waals surface area contributed by atoms with E-state index in [1.165, 1.54) is 0 Å². The maximum Gasteiger partial charge on any atom is 0.333 e. The lowest BCUT2D eigenvalue weighted by atomic mass is 9.98. The Morgan fingerprint density at radius 1 is 0.947 bits per heavy atom. The highest BCUT2D eigenvalue weighted by molar-refractivity contribution is 5.80. The number of nitrogens with one attached hydrogen (secondary N) is 1. The van der Waals surface area contributed by atoms with Gasteiger partial charge in [0.15, 0.2) is 0 Å². The first-order valence-corrected chi connectivity index (χ1v) is 13.0. The van der Waals surface area contributed by atoms with E-state index < -0.39 is 0 Å². The second kappa shape index (κ2) is 11.3. The van der Waals surface area contributed by atoms with Crippen LogP contribution in [-0.2, 0) is 19.4 Å². The van der Waals surface area contributed by atoms with Crippen LogP contribution in [0.4, 0.5) is 0 Å². The molecule has 8 nitrogen and oxygen atoms in total. The van der Waals surface area contributed by atoms with Gasteiger partial charge in [-0.1, -0.05) is 80.9 Å². The Morgan fingerprint density at radius 2 is 1.74 bits per heavy atom. The number of hydrogen-bond acceptors (Lipinski definition) is 5. The first-order valence-electron chi connectivity index (χ1n) is 13.0. The van der Waals surface area contributed by atoms with E-state index >= 15 is 0 Å². The molecule has 0 aliphatic carbocycles. The van der Waals surface area contributed by atoms with Crippen molar-refractivity contribution in [1.29, 1.82) is 0 Å². The van der Waals surface area contributed by atoms with Gasteiger partial charge in [-0.2, -0.15) is 5.21 Å². The van der Waals surface area contributed by atoms with E-state index in [0.29, 0.717) is 18.1 Å². The van der Waals surface area contributed by atoms with Crippen LogP contribution in [0.3, 0.4) is 0 Å². The average molecular weight is 509 g/mol. The minimum absolute atomic E-state index is 0.0539. The van der Waals surface area contributed by atoms with Gasteiger partial charge in [0.1, 0.15) is 5.75 Å². The zero-order valence-electron chi connectivity index (χ0n) is 22.0. The Hall–Kier alpha value is -4.46. The number of aromatic amines is 1. The molecule has 5 aromatic rings. The van der Waals surface area contributed by atoms with Gasteiger partial charge in [-0.25, -0.2) is 4.79 Å². The average Bonchev–Trinajstić information content (AvgIpc) is 3.61. The molecule has 0 fully saturated rings. The fraction of sp³-hybridized carbons (Fsp3) is 0.267. The van der Waals surface area contributed by atoms with Crippen LogP contribution in [0.15, 0.2) is 77.7 Å². The number of tetrazole rings is 1. The molecule has 2 heterocycles. The van der Waals surface area contributed by atoms with E-state index in [2.05, 4.69) is 64.8 Å². The number of H-pyrrole nitrogens is 1. The molecule has 1 N–H and O–H groups in total. The summed E-state index contributed by atoms with van der Waals surface area (Å²) in [6.07, 6.45) is 5.71. The number of ether oxygens (including phenoxy) is 1. The molecule has 0 aliphatic rings. The largest absolute Gasteiger partial charge is 0.495 e. The van der Waals surface area contributed by atoms with Crippen LogP contribution in [-0.4, -0.2) is 36.9 Å². The van der Waals surface area contributed by atoms with Crippen LogP contribution in [0, 0.1) is 0 Å². The smallest absolute Gasteiger partial charge is 0.333 e. The summed E-state index contributed by atoms with van der Waals surface area (Å²) in [5.74, 6) is 1.26. The molecule has 3 aromatic carbocycles. The zero-order chi connectivity index (χ0) is 26.5. The van der Waals surface area contributed by atoms with E-state index in [4.69, 9.17) is 4.74 Å². The van der Waals surface area contributed by atoms with E-state index in [-0.39, 0.29) is 5.69 Å². The van der Waals surface area contributed by atoms with Crippen molar-refractivity contribution in [3.8, 4) is 34.0 Å². The molecule has 0 radical (unpaired) electrons. The van der Waals surface area contributed by atoms with E-state index in [9.17, 15) is 4.79 Å². The van der Waals surface area contributed by atoms with E-state index in [1.54, 1.807) is 11.7 Å². The van der Waals surface area contributed by atoms with Crippen molar-refractivity contribution >= 4 is 0 Å². The highest BCUT2D eigenvalue weighted by Crippen LogP contribution is 2.30. The van der Waals surface area contributed by atoms with Crippen LogP contribution in [0.2, 0.25) is 0 Å². The van der Waals surface area contributed by atoms with Gasteiger partial charge in [0.25, 0.3) is 0 Å². The first kappa shape index (κ1) is 25.2. The number of rotatable bonds is 10. The molecule has 0 atom stereocenters. The molecule has 0 unspecified atom stereocenters.